The summed E-state index contributed by atoms with van der Waals surface area (Å²) in [5.74, 6) is 0. The van der Waals surface area contributed by atoms with Gasteiger partial charge in [-0.15, -0.1) is 6.58 Å². The Labute approximate surface area is 106 Å². The second-order valence-corrected chi connectivity index (χ2v) is 4.16. The van der Waals surface area contributed by atoms with E-state index in [1.165, 1.54) is 18.4 Å². The summed E-state index contributed by atoms with van der Waals surface area (Å²) in [6.45, 7) is 8.72. The van der Waals surface area contributed by atoms with Gasteiger partial charge in [-0.1, -0.05) is 50.3 Å². The molecule has 0 bridgehead atoms. The zero-order valence-corrected chi connectivity index (χ0v) is 11.1. The van der Waals surface area contributed by atoms with E-state index in [4.69, 9.17) is 4.74 Å². The lowest BCUT2D eigenvalue weighted by Crippen LogP contribution is -2.33. The quantitative estimate of drug-likeness (QED) is 0.687. The maximum absolute atomic E-state index is 6.02. The Bertz CT molecular complexity index is 310. The summed E-state index contributed by atoms with van der Waals surface area (Å²) in [5.41, 5.74) is 1.20. The summed E-state index contributed by atoms with van der Waals surface area (Å²) in [7, 11) is 0. The van der Waals surface area contributed by atoms with Crippen molar-refractivity contribution < 1.29 is 4.74 Å². The second-order valence-electron chi connectivity index (χ2n) is 4.16. The highest BCUT2D eigenvalue weighted by Gasteiger charge is 2.33. The Hall–Kier alpha value is -1.08. The van der Waals surface area contributed by atoms with E-state index >= 15 is 0 Å². The minimum atomic E-state index is -0.0960. The fourth-order valence-electron chi connectivity index (χ4n) is 2.33. The minimum absolute atomic E-state index is 0.0960. The van der Waals surface area contributed by atoms with Crippen LogP contribution in [0, 0.1) is 0 Å². The van der Waals surface area contributed by atoms with Crippen LogP contribution in [-0.4, -0.2) is 6.61 Å². The van der Waals surface area contributed by atoms with Crippen LogP contribution in [0.3, 0.4) is 0 Å². The van der Waals surface area contributed by atoms with Crippen molar-refractivity contribution in [1.29, 1.82) is 0 Å². The maximum atomic E-state index is 6.02. The van der Waals surface area contributed by atoms with Gasteiger partial charge in [0, 0.05) is 6.61 Å². The van der Waals surface area contributed by atoms with Crippen LogP contribution in [0.1, 0.15) is 45.1 Å². The van der Waals surface area contributed by atoms with Crippen molar-refractivity contribution in [2.24, 2.45) is 0 Å². The highest BCUT2D eigenvalue weighted by Crippen LogP contribution is 2.38. The molecule has 94 valence electrons. The molecule has 17 heavy (non-hydrogen) atoms. The van der Waals surface area contributed by atoms with Crippen LogP contribution in [0.2, 0.25) is 0 Å². The first-order valence-corrected chi connectivity index (χ1v) is 6.68. The maximum Gasteiger partial charge on any atom is 0.0965 e. The molecule has 0 amide bonds. The van der Waals surface area contributed by atoms with Gasteiger partial charge in [0.2, 0.25) is 0 Å². The smallest absolute Gasteiger partial charge is 0.0965 e. The molecule has 1 aromatic rings. The molecule has 1 nitrogen and oxygen atoms in total. The van der Waals surface area contributed by atoms with Gasteiger partial charge in [-0.25, -0.2) is 0 Å². The van der Waals surface area contributed by atoms with Crippen LogP contribution in [0.15, 0.2) is 43.0 Å². The van der Waals surface area contributed by atoms with Gasteiger partial charge in [0.15, 0.2) is 0 Å². The third kappa shape index (κ3) is 3.44. The molecule has 1 fully saturated rings. The van der Waals surface area contributed by atoms with Gasteiger partial charge in [0.1, 0.15) is 0 Å². The van der Waals surface area contributed by atoms with E-state index in [9.17, 15) is 0 Å². The predicted molar refractivity (Wildman–Crippen MR) is 74.1 cm³/mol. The molecule has 0 N–H and O–H groups in total. The van der Waals surface area contributed by atoms with E-state index in [1.807, 2.05) is 26.0 Å². The van der Waals surface area contributed by atoms with Crippen LogP contribution < -0.4 is 0 Å². The average molecular weight is 232 g/mol. The summed E-state index contributed by atoms with van der Waals surface area (Å²) in [6, 6.07) is 10.5. The first kappa shape index (κ1) is 14.0. The summed E-state index contributed by atoms with van der Waals surface area (Å²) in [5, 5.41) is 0. The molecular formula is C16H24O. The van der Waals surface area contributed by atoms with Gasteiger partial charge in [0.25, 0.3) is 0 Å². The lowest BCUT2D eigenvalue weighted by atomic mass is 9.84. The number of hydrogen-bond donors (Lipinski definition) is 0. The third-order valence-electron chi connectivity index (χ3n) is 3.13. The van der Waals surface area contributed by atoms with E-state index in [0.717, 1.165) is 19.4 Å². The molecule has 0 aromatic heterocycles. The van der Waals surface area contributed by atoms with Crippen molar-refractivity contribution in [2.75, 3.05) is 6.61 Å². The van der Waals surface area contributed by atoms with Crippen LogP contribution in [0.5, 0.6) is 0 Å². The standard InChI is InChI=1S/C14H18O.C2H6/c1-2-10-14(11-6-7-12-15-14)13-8-4-3-5-9-13;1-2/h2-5,8-9H,1,6-7,10-12H2;1-2H3. The molecular weight excluding hydrogens is 208 g/mol. The van der Waals surface area contributed by atoms with Crippen LogP contribution in [0.25, 0.3) is 0 Å². The van der Waals surface area contributed by atoms with E-state index in [0.29, 0.717) is 0 Å². The molecule has 1 aliphatic rings. The lowest BCUT2D eigenvalue weighted by molar-refractivity contribution is -0.0818. The van der Waals surface area contributed by atoms with Crippen molar-refractivity contribution in [3.8, 4) is 0 Å². The van der Waals surface area contributed by atoms with Crippen molar-refractivity contribution in [3.05, 3.63) is 48.6 Å². The number of rotatable bonds is 3. The predicted octanol–water partition coefficient (Wildman–Crippen LogP) is 4.68. The van der Waals surface area contributed by atoms with Crippen molar-refractivity contribution in [3.63, 3.8) is 0 Å². The molecule has 1 aliphatic heterocycles. The van der Waals surface area contributed by atoms with Crippen molar-refractivity contribution in [1.82, 2.24) is 0 Å². The zero-order valence-electron chi connectivity index (χ0n) is 11.1. The molecule has 0 radical (unpaired) electrons. The van der Waals surface area contributed by atoms with E-state index in [1.54, 1.807) is 0 Å². The molecule has 1 heterocycles. The lowest BCUT2D eigenvalue weighted by Gasteiger charge is -2.37. The summed E-state index contributed by atoms with van der Waals surface area (Å²) in [4.78, 5) is 0. The average Bonchev–Trinajstić information content (AvgIpc) is 2.43. The minimum Gasteiger partial charge on any atom is -0.370 e. The largest absolute Gasteiger partial charge is 0.370 e. The summed E-state index contributed by atoms with van der Waals surface area (Å²) < 4.78 is 6.02. The van der Waals surface area contributed by atoms with Crippen LogP contribution in [-0.2, 0) is 10.3 Å². The van der Waals surface area contributed by atoms with Crippen molar-refractivity contribution >= 4 is 0 Å². The molecule has 1 atom stereocenters. The Kier molecular flexibility index (Phi) is 5.99. The molecule has 1 aromatic carbocycles. The first-order chi connectivity index (χ1) is 8.37. The van der Waals surface area contributed by atoms with Crippen LogP contribution in [0.4, 0.5) is 0 Å². The zero-order chi connectivity index (χ0) is 12.6. The van der Waals surface area contributed by atoms with Gasteiger partial charge in [-0.2, -0.15) is 0 Å². The van der Waals surface area contributed by atoms with Gasteiger partial charge >= 0.3 is 0 Å². The number of ether oxygens (including phenoxy) is 1. The molecule has 1 saturated heterocycles. The van der Waals surface area contributed by atoms with Gasteiger partial charge < -0.3 is 4.74 Å². The van der Waals surface area contributed by atoms with Gasteiger partial charge in [-0.05, 0) is 31.2 Å². The molecule has 1 unspecified atom stereocenters. The Balaban J connectivity index is 0.000000686. The number of benzene rings is 1. The molecule has 0 aliphatic carbocycles. The van der Waals surface area contributed by atoms with Gasteiger partial charge in [-0.3, -0.25) is 0 Å². The monoisotopic (exact) mass is 232 g/mol. The normalized spacial score (nSPS) is 23.4. The third-order valence-corrected chi connectivity index (χ3v) is 3.13. The summed E-state index contributed by atoms with van der Waals surface area (Å²) in [6.07, 6.45) is 6.44. The van der Waals surface area contributed by atoms with E-state index in [-0.39, 0.29) is 5.60 Å². The van der Waals surface area contributed by atoms with E-state index in [2.05, 4.69) is 30.8 Å². The highest BCUT2D eigenvalue weighted by atomic mass is 16.5. The van der Waals surface area contributed by atoms with Crippen molar-refractivity contribution in [2.45, 2.75) is 45.1 Å². The fraction of sp³-hybridized carbons (Fsp3) is 0.500. The topological polar surface area (TPSA) is 9.23 Å². The fourth-order valence-corrected chi connectivity index (χ4v) is 2.33. The van der Waals surface area contributed by atoms with E-state index < -0.39 is 0 Å². The SMILES string of the molecule is C=CCC1(c2ccccc2)CCCCO1.CC. The Morgan fingerprint density at radius 1 is 1.24 bits per heavy atom. The Morgan fingerprint density at radius 2 is 1.94 bits per heavy atom. The second kappa shape index (κ2) is 7.29. The first-order valence-electron chi connectivity index (χ1n) is 6.68. The molecule has 2 rings (SSSR count). The van der Waals surface area contributed by atoms with Gasteiger partial charge in [0.05, 0.1) is 5.60 Å². The van der Waals surface area contributed by atoms with Crippen LogP contribution >= 0.6 is 0 Å². The molecule has 0 spiro atoms. The Morgan fingerprint density at radius 3 is 2.47 bits per heavy atom. The molecule has 1 heteroatoms. The highest BCUT2D eigenvalue weighted by molar-refractivity contribution is 5.24. The summed E-state index contributed by atoms with van der Waals surface area (Å²) >= 11 is 0. The number of hydrogen-bond acceptors (Lipinski definition) is 1. The molecule has 0 saturated carbocycles.